The standard InChI is InChI=1S/C10H14N2O2/c1-10(6-14-7-11)5-3-2-4-9(10)12-8-13/h9H,2-6H2,1H3. The van der Waals surface area contributed by atoms with Crippen molar-refractivity contribution in [3.63, 3.8) is 0 Å². The smallest absolute Gasteiger partial charge is 0.286 e. The molecule has 0 bridgehead atoms. The van der Waals surface area contributed by atoms with E-state index in [-0.39, 0.29) is 11.5 Å². The van der Waals surface area contributed by atoms with Gasteiger partial charge in [0.1, 0.15) is 6.61 Å². The normalized spacial score (nSPS) is 31.3. The summed E-state index contributed by atoms with van der Waals surface area (Å²) < 4.78 is 4.77. The number of isocyanates is 1. The van der Waals surface area contributed by atoms with Gasteiger partial charge in [0, 0.05) is 5.41 Å². The molecule has 0 aromatic heterocycles. The van der Waals surface area contributed by atoms with Crippen LogP contribution in [0.3, 0.4) is 0 Å². The van der Waals surface area contributed by atoms with Gasteiger partial charge in [0.05, 0.1) is 6.04 Å². The third kappa shape index (κ3) is 2.34. The summed E-state index contributed by atoms with van der Waals surface area (Å²) in [6.07, 6.45) is 7.30. The average Bonchev–Trinajstić information content (AvgIpc) is 2.19. The Bertz CT molecular complexity index is 278. The van der Waals surface area contributed by atoms with Gasteiger partial charge in [-0.25, -0.2) is 9.79 Å². The first-order valence-electron chi connectivity index (χ1n) is 4.81. The number of hydrogen-bond acceptors (Lipinski definition) is 4. The molecule has 0 amide bonds. The number of nitrogens with zero attached hydrogens (tertiary/aromatic N) is 2. The Morgan fingerprint density at radius 3 is 3.07 bits per heavy atom. The Hall–Kier alpha value is -1.33. The number of nitriles is 1. The Labute approximate surface area is 83.6 Å². The molecule has 0 saturated heterocycles. The first kappa shape index (κ1) is 10.7. The van der Waals surface area contributed by atoms with Crippen molar-refractivity contribution in [2.24, 2.45) is 10.4 Å². The summed E-state index contributed by atoms with van der Waals surface area (Å²) >= 11 is 0. The van der Waals surface area contributed by atoms with Crippen molar-refractivity contribution in [1.29, 1.82) is 5.26 Å². The number of rotatable bonds is 3. The van der Waals surface area contributed by atoms with Crippen LogP contribution in [0.25, 0.3) is 0 Å². The lowest BCUT2D eigenvalue weighted by atomic mass is 9.72. The van der Waals surface area contributed by atoms with Crippen molar-refractivity contribution in [3.05, 3.63) is 0 Å². The lowest BCUT2D eigenvalue weighted by Crippen LogP contribution is -2.38. The second-order valence-electron chi connectivity index (χ2n) is 4.02. The molecule has 1 rings (SSSR count). The first-order chi connectivity index (χ1) is 6.73. The molecular formula is C10H14N2O2. The van der Waals surface area contributed by atoms with Crippen LogP contribution in [0.1, 0.15) is 32.6 Å². The molecule has 14 heavy (non-hydrogen) atoms. The molecule has 1 aliphatic rings. The van der Waals surface area contributed by atoms with E-state index in [2.05, 4.69) is 4.99 Å². The third-order valence-electron chi connectivity index (χ3n) is 2.95. The highest BCUT2D eigenvalue weighted by Gasteiger charge is 2.37. The van der Waals surface area contributed by atoms with E-state index in [1.54, 1.807) is 12.3 Å². The fraction of sp³-hybridized carbons (Fsp3) is 0.800. The van der Waals surface area contributed by atoms with E-state index in [9.17, 15) is 4.79 Å². The Kier molecular flexibility index (Phi) is 3.67. The summed E-state index contributed by atoms with van der Waals surface area (Å²) in [5, 5.41) is 8.35. The van der Waals surface area contributed by atoms with E-state index >= 15 is 0 Å². The summed E-state index contributed by atoms with van der Waals surface area (Å²) in [5.41, 5.74) is -0.175. The molecule has 4 heteroatoms. The minimum absolute atomic E-state index is 0.0397. The fourth-order valence-corrected chi connectivity index (χ4v) is 2.03. The predicted molar refractivity (Wildman–Crippen MR) is 50.0 cm³/mol. The van der Waals surface area contributed by atoms with Crippen LogP contribution in [-0.4, -0.2) is 18.7 Å². The van der Waals surface area contributed by atoms with E-state index in [0.717, 1.165) is 25.7 Å². The molecule has 0 aromatic rings. The second-order valence-corrected chi connectivity index (χ2v) is 4.02. The molecule has 2 unspecified atom stereocenters. The number of aliphatic imine (C=N–C) groups is 1. The Morgan fingerprint density at radius 1 is 1.64 bits per heavy atom. The Balaban J connectivity index is 2.69. The van der Waals surface area contributed by atoms with E-state index in [4.69, 9.17) is 10.00 Å². The monoisotopic (exact) mass is 194 g/mol. The molecule has 4 nitrogen and oxygen atoms in total. The molecule has 1 saturated carbocycles. The van der Waals surface area contributed by atoms with Crippen LogP contribution >= 0.6 is 0 Å². The van der Waals surface area contributed by atoms with Crippen molar-refractivity contribution in [3.8, 4) is 6.26 Å². The molecule has 0 aliphatic heterocycles. The van der Waals surface area contributed by atoms with Crippen molar-refractivity contribution in [2.75, 3.05) is 6.61 Å². The number of ether oxygens (including phenoxy) is 1. The summed E-state index contributed by atoms with van der Waals surface area (Å²) in [6.45, 7) is 2.36. The van der Waals surface area contributed by atoms with Gasteiger partial charge in [0.25, 0.3) is 6.26 Å². The van der Waals surface area contributed by atoms with Crippen LogP contribution in [0.5, 0.6) is 0 Å². The van der Waals surface area contributed by atoms with Crippen LogP contribution < -0.4 is 0 Å². The first-order valence-corrected chi connectivity index (χ1v) is 4.81. The van der Waals surface area contributed by atoms with E-state index in [0.29, 0.717) is 6.61 Å². The van der Waals surface area contributed by atoms with Crippen molar-refractivity contribution < 1.29 is 9.53 Å². The summed E-state index contributed by atoms with van der Waals surface area (Å²) in [5.74, 6) is 0. The molecule has 0 aromatic carbocycles. The maximum Gasteiger partial charge on any atom is 0.286 e. The van der Waals surface area contributed by atoms with Gasteiger partial charge in [0.2, 0.25) is 6.08 Å². The van der Waals surface area contributed by atoms with Crippen molar-refractivity contribution in [2.45, 2.75) is 38.6 Å². The van der Waals surface area contributed by atoms with Crippen LogP contribution in [0.15, 0.2) is 4.99 Å². The molecule has 2 atom stereocenters. The molecule has 0 spiro atoms. The molecule has 0 N–H and O–H groups in total. The zero-order chi connectivity index (χ0) is 10.4. The maximum atomic E-state index is 10.2. The van der Waals surface area contributed by atoms with Crippen LogP contribution in [-0.2, 0) is 9.53 Å². The van der Waals surface area contributed by atoms with Gasteiger partial charge in [0.15, 0.2) is 0 Å². The lowest BCUT2D eigenvalue weighted by molar-refractivity contribution is 0.0762. The van der Waals surface area contributed by atoms with Crippen molar-refractivity contribution >= 4 is 6.08 Å². The lowest BCUT2D eigenvalue weighted by Gasteiger charge is -2.36. The van der Waals surface area contributed by atoms with Crippen LogP contribution in [0, 0.1) is 16.9 Å². The van der Waals surface area contributed by atoms with Crippen molar-refractivity contribution in [1.82, 2.24) is 0 Å². The van der Waals surface area contributed by atoms with Gasteiger partial charge < -0.3 is 4.74 Å². The maximum absolute atomic E-state index is 10.2. The second kappa shape index (κ2) is 4.78. The summed E-state index contributed by atoms with van der Waals surface area (Å²) in [6, 6.07) is -0.0397. The van der Waals surface area contributed by atoms with Gasteiger partial charge in [-0.2, -0.15) is 5.26 Å². The van der Waals surface area contributed by atoms with E-state index in [1.807, 2.05) is 6.92 Å². The predicted octanol–water partition coefficient (Wildman–Crippen LogP) is 1.77. The molecule has 0 heterocycles. The topological polar surface area (TPSA) is 62.4 Å². The minimum Gasteiger partial charge on any atom is -0.427 e. The van der Waals surface area contributed by atoms with E-state index < -0.39 is 0 Å². The van der Waals surface area contributed by atoms with Gasteiger partial charge >= 0.3 is 0 Å². The summed E-state index contributed by atoms with van der Waals surface area (Å²) in [4.78, 5) is 14.0. The third-order valence-corrected chi connectivity index (χ3v) is 2.95. The van der Waals surface area contributed by atoms with Crippen LogP contribution in [0.4, 0.5) is 0 Å². The minimum atomic E-state index is -0.175. The highest BCUT2D eigenvalue weighted by atomic mass is 16.5. The molecule has 1 aliphatic carbocycles. The number of carbonyl (C=O) groups excluding carboxylic acids is 1. The molecule has 0 radical (unpaired) electrons. The zero-order valence-electron chi connectivity index (χ0n) is 8.32. The average molecular weight is 194 g/mol. The van der Waals surface area contributed by atoms with Gasteiger partial charge in [-0.15, -0.1) is 0 Å². The molecule has 1 fully saturated rings. The van der Waals surface area contributed by atoms with Gasteiger partial charge in [-0.1, -0.05) is 19.8 Å². The highest BCUT2D eigenvalue weighted by Crippen LogP contribution is 2.38. The SMILES string of the molecule is CC1(COC#N)CCCCC1N=C=O. The zero-order valence-corrected chi connectivity index (χ0v) is 8.32. The Morgan fingerprint density at radius 2 is 2.43 bits per heavy atom. The fourth-order valence-electron chi connectivity index (χ4n) is 2.03. The number of hydrogen-bond donors (Lipinski definition) is 0. The quantitative estimate of drug-likeness (QED) is 0.390. The van der Waals surface area contributed by atoms with E-state index in [1.165, 1.54) is 0 Å². The largest absolute Gasteiger partial charge is 0.427 e. The molecular weight excluding hydrogens is 180 g/mol. The summed E-state index contributed by atoms with van der Waals surface area (Å²) in [7, 11) is 0. The molecule has 76 valence electrons. The van der Waals surface area contributed by atoms with Gasteiger partial charge in [-0.3, -0.25) is 0 Å². The van der Waals surface area contributed by atoms with Crippen LogP contribution in [0.2, 0.25) is 0 Å². The van der Waals surface area contributed by atoms with Gasteiger partial charge in [-0.05, 0) is 12.8 Å². The highest BCUT2D eigenvalue weighted by molar-refractivity contribution is 5.34.